The number of carbonyl (C=O) groups excluding carboxylic acids is 1. The number of aliphatic hydroxyl groups excluding tert-OH is 1. The molecule has 0 saturated heterocycles. The highest BCUT2D eigenvalue weighted by molar-refractivity contribution is 7.09. The molecule has 4 nitrogen and oxygen atoms in total. The van der Waals surface area contributed by atoms with Gasteiger partial charge in [0.1, 0.15) is 0 Å². The van der Waals surface area contributed by atoms with Crippen LogP contribution < -0.4 is 0 Å². The van der Waals surface area contributed by atoms with Gasteiger partial charge in [0.15, 0.2) is 0 Å². The van der Waals surface area contributed by atoms with Crippen molar-refractivity contribution in [2.75, 3.05) is 13.6 Å². The Morgan fingerprint density at radius 2 is 2.38 bits per heavy atom. The van der Waals surface area contributed by atoms with Crippen molar-refractivity contribution in [3.8, 4) is 0 Å². The van der Waals surface area contributed by atoms with Crippen LogP contribution in [0.3, 0.4) is 0 Å². The zero-order chi connectivity index (χ0) is 12.1. The summed E-state index contributed by atoms with van der Waals surface area (Å²) >= 11 is 1.59. The van der Waals surface area contributed by atoms with E-state index in [1.165, 1.54) is 4.90 Å². The fraction of sp³-hybridized carbons (Fsp3) is 0.636. The van der Waals surface area contributed by atoms with Gasteiger partial charge in [-0.25, -0.2) is 4.98 Å². The maximum atomic E-state index is 11.7. The van der Waals surface area contributed by atoms with E-state index in [9.17, 15) is 9.90 Å². The van der Waals surface area contributed by atoms with Gasteiger partial charge in [0, 0.05) is 19.0 Å². The first kappa shape index (κ1) is 13.1. The molecule has 1 heterocycles. The topological polar surface area (TPSA) is 53.4 Å². The Morgan fingerprint density at radius 3 is 2.88 bits per heavy atom. The van der Waals surface area contributed by atoms with Crippen molar-refractivity contribution in [3.63, 3.8) is 0 Å². The van der Waals surface area contributed by atoms with Crippen LogP contribution in [0.25, 0.3) is 0 Å². The molecule has 0 saturated carbocycles. The number of hydrogen-bond acceptors (Lipinski definition) is 4. The Kier molecular flexibility index (Phi) is 4.89. The molecule has 1 aromatic heterocycles. The van der Waals surface area contributed by atoms with Crippen molar-refractivity contribution in [3.05, 3.63) is 16.1 Å². The molecule has 1 atom stereocenters. The summed E-state index contributed by atoms with van der Waals surface area (Å²) in [7, 11) is 1.70. The second kappa shape index (κ2) is 5.96. The molecule has 1 unspecified atom stereocenters. The highest BCUT2D eigenvalue weighted by Gasteiger charge is 2.13. The van der Waals surface area contributed by atoms with E-state index >= 15 is 0 Å². The minimum absolute atomic E-state index is 0.00569. The van der Waals surface area contributed by atoms with Gasteiger partial charge in [-0.3, -0.25) is 4.79 Å². The smallest absolute Gasteiger partial charge is 0.228 e. The molecule has 5 heteroatoms. The molecule has 1 amide bonds. The van der Waals surface area contributed by atoms with Crippen molar-refractivity contribution >= 4 is 17.2 Å². The Morgan fingerprint density at radius 1 is 1.69 bits per heavy atom. The number of carbonyl (C=O) groups is 1. The lowest BCUT2D eigenvalue weighted by molar-refractivity contribution is -0.130. The Hall–Kier alpha value is -0.940. The third-order valence-electron chi connectivity index (χ3n) is 2.20. The lowest BCUT2D eigenvalue weighted by atomic mass is 10.3. The minimum atomic E-state index is -0.490. The zero-order valence-corrected chi connectivity index (χ0v) is 10.8. The number of aryl methyl sites for hydroxylation is 1. The highest BCUT2D eigenvalue weighted by Crippen LogP contribution is 2.11. The predicted octanol–water partition coefficient (Wildman–Crippen LogP) is 1.09. The van der Waals surface area contributed by atoms with Crippen molar-refractivity contribution in [2.45, 2.75) is 32.8 Å². The number of aliphatic hydroxyl groups is 1. The molecule has 1 rings (SSSR count). The average Bonchev–Trinajstić information content (AvgIpc) is 2.64. The van der Waals surface area contributed by atoms with E-state index in [-0.39, 0.29) is 5.91 Å². The molecule has 0 aliphatic carbocycles. The standard InChI is InChI=1S/C11H18N2O2S/c1-4-10-12-9(7-16-10)5-11(15)13(3)6-8(2)14/h7-8,14H,4-6H2,1-3H3. The predicted molar refractivity (Wildman–Crippen MR) is 64.5 cm³/mol. The van der Waals surface area contributed by atoms with Gasteiger partial charge in [0.05, 0.1) is 23.2 Å². The molecule has 16 heavy (non-hydrogen) atoms. The number of likely N-dealkylation sites (N-methyl/N-ethyl adjacent to an activating group) is 1. The zero-order valence-electron chi connectivity index (χ0n) is 9.93. The van der Waals surface area contributed by atoms with Gasteiger partial charge in [-0.05, 0) is 13.3 Å². The number of aromatic nitrogens is 1. The molecule has 0 aliphatic rings. The van der Waals surface area contributed by atoms with E-state index in [0.29, 0.717) is 13.0 Å². The first-order chi connectivity index (χ1) is 7.52. The maximum absolute atomic E-state index is 11.7. The molecule has 0 aliphatic heterocycles. The van der Waals surface area contributed by atoms with Gasteiger partial charge in [0.2, 0.25) is 5.91 Å². The van der Waals surface area contributed by atoms with Gasteiger partial charge in [-0.1, -0.05) is 6.92 Å². The second-order valence-electron chi connectivity index (χ2n) is 3.89. The van der Waals surface area contributed by atoms with Crippen LogP contribution in [0.4, 0.5) is 0 Å². The van der Waals surface area contributed by atoms with Crippen LogP contribution in [-0.2, 0) is 17.6 Å². The number of hydrogen-bond donors (Lipinski definition) is 1. The molecule has 0 fully saturated rings. The Balaban J connectivity index is 2.50. The molecular formula is C11H18N2O2S. The van der Waals surface area contributed by atoms with E-state index in [1.54, 1.807) is 25.3 Å². The fourth-order valence-corrected chi connectivity index (χ4v) is 2.13. The van der Waals surface area contributed by atoms with Crippen LogP contribution in [0.5, 0.6) is 0 Å². The van der Waals surface area contributed by atoms with Crippen molar-refractivity contribution in [1.82, 2.24) is 9.88 Å². The largest absolute Gasteiger partial charge is 0.392 e. The SMILES string of the molecule is CCc1nc(CC(=O)N(C)CC(C)O)cs1. The number of amides is 1. The van der Waals surface area contributed by atoms with Crippen molar-refractivity contribution in [2.24, 2.45) is 0 Å². The number of thiazole rings is 1. The van der Waals surface area contributed by atoms with Crippen LogP contribution >= 0.6 is 11.3 Å². The third-order valence-corrected chi connectivity index (χ3v) is 3.24. The number of rotatable bonds is 5. The highest BCUT2D eigenvalue weighted by atomic mass is 32.1. The summed E-state index contributed by atoms with van der Waals surface area (Å²) in [6, 6.07) is 0. The summed E-state index contributed by atoms with van der Waals surface area (Å²) in [5.74, 6) is -0.00569. The van der Waals surface area contributed by atoms with Gasteiger partial charge < -0.3 is 10.0 Å². The van der Waals surface area contributed by atoms with Crippen LogP contribution in [0.2, 0.25) is 0 Å². The van der Waals surface area contributed by atoms with Gasteiger partial charge in [-0.15, -0.1) is 11.3 Å². The fourth-order valence-electron chi connectivity index (χ4n) is 1.38. The van der Waals surface area contributed by atoms with Gasteiger partial charge in [-0.2, -0.15) is 0 Å². The summed E-state index contributed by atoms with van der Waals surface area (Å²) in [5, 5.41) is 12.2. The lowest BCUT2D eigenvalue weighted by Crippen LogP contribution is -2.34. The normalized spacial score (nSPS) is 12.5. The monoisotopic (exact) mass is 242 g/mol. The Bertz CT molecular complexity index is 350. The Labute approximate surface area is 99.9 Å². The minimum Gasteiger partial charge on any atom is -0.392 e. The van der Waals surface area contributed by atoms with Crippen LogP contribution in [-0.4, -0.2) is 40.6 Å². The quantitative estimate of drug-likeness (QED) is 0.841. The molecule has 0 bridgehead atoms. The van der Waals surface area contributed by atoms with Crippen molar-refractivity contribution < 1.29 is 9.90 Å². The van der Waals surface area contributed by atoms with E-state index < -0.39 is 6.10 Å². The average molecular weight is 242 g/mol. The second-order valence-corrected chi connectivity index (χ2v) is 4.83. The van der Waals surface area contributed by atoms with E-state index in [0.717, 1.165) is 17.1 Å². The summed E-state index contributed by atoms with van der Waals surface area (Å²) < 4.78 is 0. The van der Waals surface area contributed by atoms with Crippen LogP contribution in [0, 0.1) is 0 Å². The summed E-state index contributed by atoms with van der Waals surface area (Å²) in [4.78, 5) is 17.6. The summed E-state index contributed by atoms with van der Waals surface area (Å²) in [6.07, 6.45) is 0.734. The maximum Gasteiger partial charge on any atom is 0.228 e. The van der Waals surface area contributed by atoms with E-state index in [4.69, 9.17) is 0 Å². The molecule has 0 radical (unpaired) electrons. The first-order valence-electron chi connectivity index (χ1n) is 5.38. The van der Waals surface area contributed by atoms with Crippen LogP contribution in [0.15, 0.2) is 5.38 Å². The van der Waals surface area contributed by atoms with Crippen LogP contribution in [0.1, 0.15) is 24.5 Å². The molecule has 1 aromatic rings. The van der Waals surface area contributed by atoms with E-state index in [1.807, 2.05) is 12.3 Å². The third kappa shape index (κ3) is 3.90. The van der Waals surface area contributed by atoms with Gasteiger partial charge in [0.25, 0.3) is 0 Å². The molecule has 0 aromatic carbocycles. The molecular weight excluding hydrogens is 224 g/mol. The molecule has 1 N–H and O–H groups in total. The first-order valence-corrected chi connectivity index (χ1v) is 6.26. The lowest BCUT2D eigenvalue weighted by Gasteiger charge is -2.18. The van der Waals surface area contributed by atoms with Crippen molar-refractivity contribution in [1.29, 1.82) is 0 Å². The number of nitrogens with zero attached hydrogens (tertiary/aromatic N) is 2. The molecule has 90 valence electrons. The van der Waals surface area contributed by atoms with Gasteiger partial charge >= 0.3 is 0 Å². The summed E-state index contributed by atoms with van der Waals surface area (Å²) in [6.45, 7) is 4.08. The van der Waals surface area contributed by atoms with E-state index in [2.05, 4.69) is 4.98 Å². The molecule has 0 spiro atoms. The summed E-state index contributed by atoms with van der Waals surface area (Å²) in [5.41, 5.74) is 0.823.